The van der Waals surface area contributed by atoms with Gasteiger partial charge in [0.25, 0.3) is 0 Å². The third-order valence-corrected chi connectivity index (χ3v) is 7.17. The number of fused-ring (bicyclic) bond motifs is 1. The highest BCUT2D eigenvalue weighted by Crippen LogP contribution is 2.46. The van der Waals surface area contributed by atoms with Crippen molar-refractivity contribution >= 4 is 16.9 Å². The van der Waals surface area contributed by atoms with Crippen molar-refractivity contribution in [2.24, 2.45) is 0 Å². The van der Waals surface area contributed by atoms with Gasteiger partial charge >= 0.3 is 0 Å². The maximum atomic E-state index is 12.0. The number of carbonyl (C=O) groups is 1. The van der Waals surface area contributed by atoms with Crippen LogP contribution in [0.25, 0.3) is 0 Å². The first-order valence-corrected chi connectivity index (χ1v) is 11.0. The van der Waals surface area contributed by atoms with E-state index in [1.165, 1.54) is 34.0 Å². The lowest BCUT2D eigenvalue weighted by Gasteiger charge is -2.48. The van der Waals surface area contributed by atoms with Crippen LogP contribution in [0.5, 0.6) is 0 Å². The lowest BCUT2D eigenvalue weighted by Crippen LogP contribution is -2.53. The van der Waals surface area contributed by atoms with E-state index in [-0.39, 0.29) is 15.9 Å². The number of benzene rings is 3. The smallest absolute Gasteiger partial charge is 0.212 e. The topological polar surface area (TPSA) is 20.3 Å². The zero-order valence-electron chi connectivity index (χ0n) is 16.2. The fraction of sp³-hybridized carbons (Fsp3) is 0.192. The quantitative estimate of drug-likeness (QED) is 0.561. The minimum Gasteiger partial charge on any atom is -0.284 e. The SMILES string of the molecule is O=C1C=C2CCN(C(c3ccccc3)(c3ccccc3)c3ccccc3)C[C@@H]2S1. The Hall–Kier alpha value is -2.62. The zero-order chi connectivity index (χ0) is 19.7. The Balaban J connectivity index is 1.73. The third-order valence-electron chi connectivity index (χ3n) is 6.08. The summed E-state index contributed by atoms with van der Waals surface area (Å²) in [5.74, 6) is 0. The molecule has 1 saturated heterocycles. The van der Waals surface area contributed by atoms with E-state index in [4.69, 9.17) is 0 Å². The number of thioether (sulfide) groups is 1. The minimum atomic E-state index is -0.387. The highest BCUT2D eigenvalue weighted by atomic mass is 32.2. The predicted octanol–water partition coefficient (Wildman–Crippen LogP) is 5.25. The molecule has 0 bridgehead atoms. The van der Waals surface area contributed by atoms with Crippen LogP contribution >= 0.6 is 11.8 Å². The first-order chi connectivity index (χ1) is 14.3. The molecule has 2 aliphatic rings. The second kappa shape index (κ2) is 7.66. The van der Waals surface area contributed by atoms with Crippen molar-refractivity contribution in [1.29, 1.82) is 0 Å². The molecule has 2 aliphatic heterocycles. The van der Waals surface area contributed by atoms with Crippen molar-refractivity contribution in [1.82, 2.24) is 4.90 Å². The van der Waals surface area contributed by atoms with Crippen molar-refractivity contribution in [3.8, 4) is 0 Å². The largest absolute Gasteiger partial charge is 0.284 e. The standard InChI is InChI=1S/C26H23NOS/c28-25-18-20-16-17-27(19-24(20)29-25)26(21-10-4-1-5-11-21,22-12-6-2-7-13-22)23-14-8-3-9-15-23/h1-15,18,24H,16-17,19H2/t24-/m0/s1. The number of hydrogen-bond acceptors (Lipinski definition) is 3. The van der Waals surface area contributed by atoms with Gasteiger partial charge in [-0.2, -0.15) is 0 Å². The van der Waals surface area contributed by atoms with Crippen molar-refractivity contribution in [3.05, 3.63) is 119 Å². The monoisotopic (exact) mass is 397 g/mol. The van der Waals surface area contributed by atoms with E-state index in [0.29, 0.717) is 0 Å². The molecule has 29 heavy (non-hydrogen) atoms. The number of rotatable bonds is 4. The van der Waals surface area contributed by atoms with Gasteiger partial charge in [-0.15, -0.1) is 0 Å². The minimum absolute atomic E-state index is 0.205. The Kier molecular flexibility index (Phi) is 4.86. The third kappa shape index (κ3) is 3.15. The molecule has 3 heteroatoms. The lowest BCUT2D eigenvalue weighted by atomic mass is 9.74. The molecule has 5 rings (SSSR count). The molecule has 3 aromatic carbocycles. The first kappa shape index (κ1) is 18.4. The molecule has 144 valence electrons. The normalized spacial score (nSPS) is 19.7. The Morgan fingerprint density at radius 2 is 1.24 bits per heavy atom. The van der Waals surface area contributed by atoms with Gasteiger partial charge in [0, 0.05) is 18.3 Å². The number of piperidine rings is 1. The van der Waals surface area contributed by atoms with E-state index in [1.807, 2.05) is 6.08 Å². The molecule has 0 radical (unpaired) electrons. The summed E-state index contributed by atoms with van der Waals surface area (Å²) in [7, 11) is 0. The molecule has 0 aromatic heterocycles. The summed E-state index contributed by atoms with van der Waals surface area (Å²) in [6.07, 6.45) is 2.81. The average molecular weight is 398 g/mol. The molecule has 1 atom stereocenters. The molecule has 0 N–H and O–H groups in total. The maximum Gasteiger partial charge on any atom is 0.212 e. The average Bonchev–Trinajstić information content (AvgIpc) is 3.16. The lowest BCUT2D eigenvalue weighted by molar-refractivity contribution is -0.106. The Morgan fingerprint density at radius 1 is 0.759 bits per heavy atom. The summed E-state index contributed by atoms with van der Waals surface area (Å²) in [6, 6.07) is 32.4. The second-order valence-electron chi connectivity index (χ2n) is 7.65. The molecule has 0 aliphatic carbocycles. The fourth-order valence-corrected chi connectivity index (χ4v) is 5.92. The van der Waals surface area contributed by atoms with Gasteiger partial charge in [-0.25, -0.2) is 0 Å². The van der Waals surface area contributed by atoms with Crippen LogP contribution in [-0.2, 0) is 10.3 Å². The zero-order valence-corrected chi connectivity index (χ0v) is 17.0. The predicted molar refractivity (Wildman–Crippen MR) is 120 cm³/mol. The summed E-state index contributed by atoms with van der Waals surface area (Å²) < 4.78 is 0. The van der Waals surface area contributed by atoms with Crippen molar-refractivity contribution < 1.29 is 4.79 Å². The molecule has 3 aromatic rings. The summed E-state index contributed by atoms with van der Waals surface area (Å²) in [5, 5.41) is 0.461. The molecule has 0 spiro atoms. The van der Waals surface area contributed by atoms with E-state index < -0.39 is 0 Å². The molecular weight excluding hydrogens is 374 g/mol. The van der Waals surface area contributed by atoms with Crippen LogP contribution in [0, 0.1) is 0 Å². The number of carbonyl (C=O) groups excluding carboxylic acids is 1. The first-order valence-electron chi connectivity index (χ1n) is 10.1. The van der Waals surface area contributed by atoms with Crippen LogP contribution in [0.3, 0.4) is 0 Å². The van der Waals surface area contributed by atoms with Crippen LogP contribution in [0.15, 0.2) is 103 Å². The molecule has 2 nitrogen and oxygen atoms in total. The molecule has 0 amide bonds. The van der Waals surface area contributed by atoms with E-state index in [2.05, 4.69) is 95.9 Å². The molecule has 0 saturated carbocycles. The van der Waals surface area contributed by atoms with E-state index in [9.17, 15) is 4.79 Å². The van der Waals surface area contributed by atoms with Gasteiger partial charge in [0.05, 0.1) is 5.54 Å². The van der Waals surface area contributed by atoms with Crippen LogP contribution in [0.2, 0.25) is 0 Å². The van der Waals surface area contributed by atoms with Gasteiger partial charge < -0.3 is 0 Å². The number of likely N-dealkylation sites (tertiary alicyclic amines) is 1. The summed E-state index contributed by atoms with van der Waals surface area (Å²) >= 11 is 1.48. The molecule has 0 unspecified atom stereocenters. The summed E-state index contributed by atoms with van der Waals surface area (Å²) in [5.41, 5.74) is 4.71. The maximum absolute atomic E-state index is 12.0. The van der Waals surface area contributed by atoms with E-state index >= 15 is 0 Å². The second-order valence-corrected chi connectivity index (χ2v) is 8.86. The highest BCUT2D eigenvalue weighted by Gasteiger charge is 2.45. The van der Waals surface area contributed by atoms with Gasteiger partial charge in [-0.05, 0) is 34.8 Å². The van der Waals surface area contributed by atoms with E-state index in [0.717, 1.165) is 19.5 Å². The van der Waals surface area contributed by atoms with Gasteiger partial charge in [-0.3, -0.25) is 9.69 Å². The number of hydrogen-bond donors (Lipinski definition) is 0. The Bertz CT molecular complexity index is 933. The fourth-order valence-electron chi connectivity index (χ4n) is 4.83. The Morgan fingerprint density at radius 3 is 1.72 bits per heavy atom. The Labute approximate surface area is 176 Å². The van der Waals surface area contributed by atoms with Crippen LogP contribution in [0.4, 0.5) is 0 Å². The van der Waals surface area contributed by atoms with Gasteiger partial charge in [0.1, 0.15) is 0 Å². The van der Waals surface area contributed by atoms with Gasteiger partial charge in [0.2, 0.25) is 5.12 Å². The van der Waals surface area contributed by atoms with Crippen molar-refractivity contribution in [2.45, 2.75) is 17.2 Å². The van der Waals surface area contributed by atoms with Crippen LogP contribution in [-0.4, -0.2) is 28.4 Å². The van der Waals surface area contributed by atoms with Crippen molar-refractivity contribution in [3.63, 3.8) is 0 Å². The highest BCUT2D eigenvalue weighted by molar-refractivity contribution is 8.15. The van der Waals surface area contributed by atoms with Crippen LogP contribution < -0.4 is 0 Å². The van der Waals surface area contributed by atoms with Gasteiger partial charge in [-0.1, -0.05) is 103 Å². The summed E-state index contributed by atoms with van der Waals surface area (Å²) in [4.78, 5) is 14.6. The van der Waals surface area contributed by atoms with Crippen molar-refractivity contribution in [2.75, 3.05) is 13.1 Å². The van der Waals surface area contributed by atoms with Crippen LogP contribution in [0.1, 0.15) is 23.1 Å². The summed E-state index contributed by atoms with van der Waals surface area (Å²) in [6.45, 7) is 1.79. The number of nitrogens with zero attached hydrogens (tertiary/aromatic N) is 1. The van der Waals surface area contributed by atoms with E-state index in [1.54, 1.807) is 0 Å². The van der Waals surface area contributed by atoms with Gasteiger partial charge in [0.15, 0.2) is 0 Å². The molecule has 2 heterocycles. The molecule has 1 fully saturated rings. The molecular formula is C26H23NOS.